The highest BCUT2D eigenvalue weighted by molar-refractivity contribution is 6.04. The van der Waals surface area contributed by atoms with E-state index in [2.05, 4.69) is 18.2 Å². The third kappa shape index (κ3) is 3.30. The molecule has 0 saturated carbocycles. The molecule has 1 aliphatic carbocycles. The second kappa shape index (κ2) is 5.63. The zero-order valence-corrected chi connectivity index (χ0v) is 10.9. The van der Waals surface area contributed by atoms with Gasteiger partial charge < -0.3 is 0 Å². The highest BCUT2D eigenvalue weighted by Gasteiger charge is 2.05. The summed E-state index contributed by atoms with van der Waals surface area (Å²) >= 11 is 0. The number of rotatable bonds is 3. The molecule has 92 valence electrons. The lowest BCUT2D eigenvalue weighted by Crippen LogP contribution is -1.98. The summed E-state index contributed by atoms with van der Waals surface area (Å²) in [6, 6.07) is 5.96. The van der Waals surface area contributed by atoms with Crippen LogP contribution in [0.15, 0.2) is 54.7 Å². The number of allylic oxidation sites excluding steroid dienone is 6. The Bertz CT molecular complexity index is 512. The number of hydrogen-bond acceptors (Lipinski definition) is 1. The molecule has 0 amide bonds. The minimum absolute atomic E-state index is 0.0877. The van der Waals surface area contributed by atoms with Crippen LogP contribution in [0.25, 0.3) is 0 Å². The van der Waals surface area contributed by atoms with Gasteiger partial charge >= 0.3 is 0 Å². The molecule has 1 atom stereocenters. The van der Waals surface area contributed by atoms with Crippen molar-refractivity contribution >= 4 is 5.78 Å². The summed E-state index contributed by atoms with van der Waals surface area (Å²) in [6.45, 7) is 4.03. The van der Waals surface area contributed by atoms with Crippen LogP contribution in [0.5, 0.6) is 0 Å². The molecular weight excluding hydrogens is 220 g/mol. The summed E-state index contributed by atoms with van der Waals surface area (Å²) in [7, 11) is 0. The van der Waals surface area contributed by atoms with Gasteiger partial charge in [-0.05, 0) is 44.4 Å². The van der Waals surface area contributed by atoms with E-state index in [9.17, 15) is 4.79 Å². The second-order valence-electron chi connectivity index (χ2n) is 4.81. The summed E-state index contributed by atoms with van der Waals surface area (Å²) in [4.78, 5) is 12.1. The lowest BCUT2D eigenvalue weighted by atomic mass is 9.98. The Labute approximate surface area is 109 Å². The highest BCUT2D eigenvalue weighted by Crippen LogP contribution is 2.14. The van der Waals surface area contributed by atoms with Crippen LogP contribution in [0.3, 0.4) is 0 Å². The van der Waals surface area contributed by atoms with E-state index in [1.54, 1.807) is 6.08 Å². The molecule has 0 spiro atoms. The van der Waals surface area contributed by atoms with Crippen molar-refractivity contribution < 1.29 is 4.79 Å². The number of aryl methyl sites for hydroxylation is 2. The van der Waals surface area contributed by atoms with Crippen LogP contribution in [0.4, 0.5) is 0 Å². The van der Waals surface area contributed by atoms with Crippen LogP contribution < -0.4 is 0 Å². The van der Waals surface area contributed by atoms with Gasteiger partial charge in [-0.3, -0.25) is 4.79 Å². The SMILES string of the molecule is Cc1cc(C)cc(C(=O)C=CC2C=CC=CC2)c1. The maximum atomic E-state index is 12.1. The number of hydrogen-bond donors (Lipinski definition) is 0. The normalized spacial score (nSPS) is 18.4. The molecule has 18 heavy (non-hydrogen) atoms. The Morgan fingerprint density at radius 3 is 2.50 bits per heavy atom. The fourth-order valence-electron chi connectivity index (χ4n) is 2.17. The van der Waals surface area contributed by atoms with Crippen molar-refractivity contribution in [2.45, 2.75) is 20.3 Å². The van der Waals surface area contributed by atoms with Crippen molar-refractivity contribution in [3.8, 4) is 0 Å². The van der Waals surface area contributed by atoms with Gasteiger partial charge in [-0.2, -0.15) is 0 Å². The molecule has 0 bridgehead atoms. The first-order valence-corrected chi connectivity index (χ1v) is 6.29. The maximum Gasteiger partial charge on any atom is 0.185 e. The van der Waals surface area contributed by atoms with Crippen LogP contribution in [-0.2, 0) is 0 Å². The summed E-state index contributed by atoms with van der Waals surface area (Å²) in [6.07, 6.45) is 13.0. The fourth-order valence-corrected chi connectivity index (χ4v) is 2.17. The first-order valence-electron chi connectivity index (χ1n) is 6.29. The smallest absolute Gasteiger partial charge is 0.185 e. The molecule has 1 heteroatoms. The van der Waals surface area contributed by atoms with Crippen molar-refractivity contribution in [2.75, 3.05) is 0 Å². The van der Waals surface area contributed by atoms with E-state index in [1.807, 2.05) is 44.2 Å². The lowest BCUT2D eigenvalue weighted by Gasteiger charge is -2.06. The molecular formula is C17H18O. The van der Waals surface area contributed by atoms with Gasteiger partial charge in [0.1, 0.15) is 0 Å². The molecule has 0 radical (unpaired) electrons. The standard InChI is InChI=1S/C17H18O/c1-13-10-14(2)12-16(11-13)17(18)9-8-15-6-4-3-5-7-15/h3-6,8-12,15H,7H2,1-2H3. The molecule has 1 nitrogen and oxygen atoms in total. The highest BCUT2D eigenvalue weighted by atomic mass is 16.1. The van der Waals surface area contributed by atoms with Gasteiger partial charge in [-0.15, -0.1) is 0 Å². The second-order valence-corrected chi connectivity index (χ2v) is 4.81. The lowest BCUT2D eigenvalue weighted by molar-refractivity contribution is 0.104. The molecule has 1 aromatic rings. The molecule has 0 fully saturated rings. The van der Waals surface area contributed by atoms with E-state index in [4.69, 9.17) is 0 Å². The number of benzene rings is 1. The Kier molecular flexibility index (Phi) is 3.93. The summed E-state index contributed by atoms with van der Waals surface area (Å²) in [5, 5.41) is 0. The monoisotopic (exact) mass is 238 g/mol. The van der Waals surface area contributed by atoms with Crippen LogP contribution >= 0.6 is 0 Å². The predicted molar refractivity (Wildman–Crippen MR) is 75.8 cm³/mol. The topological polar surface area (TPSA) is 17.1 Å². The summed E-state index contributed by atoms with van der Waals surface area (Å²) < 4.78 is 0. The Balaban J connectivity index is 2.09. The number of carbonyl (C=O) groups excluding carboxylic acids is 1. The zero-order chi connectivity index (χ0) is 13.0. The van der Waals surface area contributed by atoms with Crippen LogP contribution in [0.1, 0.15) is 27.9 Å². The predicted octanol–water partition coefficient (Wildman–Crippen LogP) is 4.17. The number of ketones is 1. The average Bonchev–Trinajstić information content (AvgIpc) is 2.36. The first kappa shape index (κ1) is 12.6. The molecule has 0 heterocycles. The van der Waals surface area contributed by atoms with Crippen molar-refractivity contribution in [3.63, 3.8) is 0 Å². The maximum absolute atomic E-state index is 12.1. The molecule has 1 aromatic carbocycles. The van der Waals surface area contributed by atoms with Crippen LogP contribution in [0, 0.1) is 19.8 Å². The third-order valence-electron chi connectivity index (χ3n) is 3.01. The van der Waals surface area contributed by atoms with Gasteiger partial charge in [0, 0.05) is 5.56 Å². The van der Waals surface area contributed by atoms with Crippen molar-refractivity contribution in [3.05, 3.63) is 71.3 Å². The average molecular weight is 238 g/mol. The molecule has 0 N–H and O–H groups in total. The summed E-state index contributed by atoms with van der Waals surface area (Å²) in [5.74, 6) is 0.439. The molecule has 0 aromatic heterocycles. The first-order chi connectivity index (χ1) is 8.65. The van der Waals surface area contributed by atoms with E-state index in [1.165, 1.54) is 0 Å². The molecule has 1 unspecified atom stereocenters. The largest absolute Gasteiger partial charge is 0.289 e. The summed E-state index contributed by atoms with van der Waals surface area (Å²) in [5.41, 5.74) is 3.04. The van der Waals surface area contributed by atoms with E-state index in [0.717, 1.165) is 23.1 Å². The van der Waals surface area contributed by atoms with E-state index >= 15 is 0 Å². The van der Waals surface area contributed by atoms with Crippen molar-refractivity contribution in [1.29, 1.82) is 0 Å². The third-order valence-corrected chi connectivity index (χ3v) is 3.01. The van der Waals surface area contributed by atoms with Gasteiger partial charge in [0.25, 0.3) is 0 Å². The van der Waals surface area contributed by atoms with Crippen molar-refractivity contribution in [1.82, 2.24) is 0 Å². The zero-order valence-electron chi connectivity index (χ0n) is 10.9. The Morgan fingerprint density at radius 2 is 1.89 bits per heavy atom. The minimum Gasteiger partial charge on any atom is -0.289 e. The minimum atomic E-state index is 0.0877. The van der Waals surface area contributed by atoms with Gasteiger partial charge in [0.05, 0.1) is 0 Å². The fraction of sp³-hybridized carbons (Fsp3) is 0.235. The molecule has 1 aliphatic rings. The van der Waals surface area contributed by atoms with Gasteiger partial charge in [0.2, 0.25) is 0 Å². The molecule has 2 rings (SSSR count). The van der Waals surface area contributed by atoms with Gasteiger partial charge in [-0.25, -0.2) is 0 Å². The van der Waals surface area contributed by atoms with Gasteiger partial charge in [0.15, 0.2) is 5.78 Å². The Hall–Kier alpha value is -1.89. The van der Waals surface area contributed by atoms with E-state index in [-0.39, 0.29) is 5.78 Å². The van der Waals surface area contributed by atoms with Crippen LogP contribution in [-0.4, -0.2) is 5.78 Å². The Morgan fingerprint density at radius 1 is 1.17 bits per heavy atom. The van der Waals surface area contributed by atoms with Crippen molar-refractivity contribution in [2.24, 2.45) is 5.92 Å². The van der Waals surface area contributed by atoms with Crippen LogP contribution in [0.2, 0.25) is 0 Å². The quantitative estimate of drug-likeness (QED) is 0.570. The molecule has 0 aliphatic heterocycles. The van der Waals surface area contributed by atoms with Gasteiger partial charge in [-0.1, -0.05) is 47.6 Å². The molecule has 0 saturated heterocycles. The van der Waals surface area contributed by atoms with E-state index < -0.39 is 0 Å². The van der Waals surface area contributed by atoms with E-state index in [0.29, 0.717) is 5.92 Å². The number of carbonyl (C=O) groups is 1.